The molecule has 0 aliphatic heterocycles. The van der Waals surface area contributed by atoms with Crippen molar-refractivity contribution in [3.8, 4) is 10.6 Å². The number of nitrogens with one attached hydrogen (secondary N) is 1. The summed E-state index contributed by atoms with van der Waals surface area (Å²) in [5, 5.41) is 5.40. The van der Waals surface area contributed by atoms with E-state index in [1.54, 1.807) is 17.4 Å². The van der Waals surface area contributed by atoms with Crippen LogP contribution in [0, 0.1) is 0 Å². The van der Waals surface area contributed by atoms with Gasteiger partial charge >= 0.3 is 0 Å². The number of nitrogens with zero attached hydrogens (tertiary/aromatic N) is 1. The molecule has 0 spiro atoms. The predicted molar refractivity (Wildman–Crippen MR) is 82.9 cm³/mol. The fourth-order valence-corrected chi connectivity index (χ4v) is 3.25. The lowest BCUT2D eigenvalue weighted by molar-refractivity contribution is -0.111. The summed E-state index contributed by atoms with van der Waals surface area (Å²) in [5.74, 6) is -0.124. The molecule has 0 bridgehead atoms. The number of carbonyl (C=O) groups is 1. The third kappa shape index (κ3) is 3.75. The van der Waals surface area contributed by atoms with Crippen LogP contribution < -0.4 is 5.32 Å². The second-order valence-corrected chi connectivity index (χ2v) is 6.39. The Morgan fingerprint density at radius 1 is 1.42 bits per heavy atom. The molecule has 19 heavy (non-hydrogen) atoms. The van der Waals surface area contributed by atoms with Gasteiger partial charge in [0, 0.05) is 16.3 Å². The third-order valence-corrected chi connectivity index (χ3v) is 4.43. The molecule has 0 fully saturated rings. The Morgan fingerprint density at radius 3 is 2.84 bits per heavy atom. The standard InChI is InChI=1S/C14H16N2OS2/c1-4-10-5-6-12(19-10)11-8-18-14(15-11)16-13(17)7-9(2)3/h5-8H,4H2,1-3H3,(H,15,16,17). The largest absolute Gasteiger partial charge is 0.298 e. The van der Waals surface area contributed by atoms with Crippen LogP contribution in [0.2, 0.25) is 0 Å². The summed E-state index contributed by atoms with van der Waals surface area (Å²) >= 11 is 3.20. The maximum Gasteiger partial charge on any atom is 0.250 e. The SMILES string of the molecule is CCc1ccc(-c2csc(NC(=O)C=C(C)C)n2)s1. The molecule has 2 heterocycles. The first kappa shape index (κ1) is 14.0. The van der Waals surface area contributed by atoms with Crippen LogP contribution in [0.15, 0.2) is 29.2 Å². The molecular weight excluding hydrogens is 276 g/mol. The van der Waals surface area contributed by atoms with Crippen molar-refractivity contribution in [3.05, 3.63) is 34.0 Å². The van der Waals surface area contributed by atoms with Crippen molar-refractivity contribution >= 4 is 33.7 Å². The first-order chi connectivity index (χ1) is 9.08. The number of rotatable bonds is 4. The van der Waals surface area contributed by atoms with Crippen LogP contribution in [0.25, 0.3) is 10.6 Å². The van der Waals surface area contributed by atoms with Crippen LogP contribution in [0.3, 0.4) is 0 Å². The number of hydrogen-bond acceptors (Lipinski definition) is 4. The lowest BCUT2D eigenvalue weighted by Gasteiger charge is -1.96. The molecule has 0 aromatic carbocycles. The third-order valence-electron chi connectivity index (χ3n) is 2.42. The highest BCUT2D eigenvalue weighted by Crippen LogP contribution is 2.30. The van der Waals surface area contributed by atoms with E-state index in [-0.39, 0.29) is 5.91 Å². The van der Waals surface area contributed by atoms with Crippen LogP contribution >= 0.6 is 22.7 Å². The topological polar surface area (TPSA) is 42.0 Å². The van der Waals surface area contributed by atoms with E-state index in [0.717, 1.165) is 22.6 Å². The van der Waals surface area contributed by atoms with Gasteiger partial charge in [-0.1, -0.05) is 12.5 Å². The molecule has 3 nitrogen and oxygen atoms in total. The molecule has 0 unspecified atom stereocenters. The van der Waals surface area contributed by atoms with Crippen molar-refractivity contribution in [1.29, 1.82) is 0 Å². The van der Waals surface area contributed by atoms with Gasteiger partial charge in [-0.05, 0) is 32.4 Å². The number of thiophene rings is 1. The van der Waals surface area contributed by atoms with Gasteiger partial charge in [0.1, 0.15) is 0 Å². The number of amides is 1. The van der Waals surface area contributed by atoms with Gasteiger partial charge in [-0.25, -0.2) is 4.98 Å². The van der Waals surface area contributed by atoms with Crippen molar-refractivity contribution in [2.75, 3.05) is 5.32 Å². The lowest BCUT2D eigenvalue weighted by atomic mass is 10.3. The first-order valence-electron chi connectivity index (χ1n) is 6.09. The maximum atomic E-state index is 11.6. The number of carbonyl (C=O) groups excluding carboxylic acids is 1. The molecule has 0 saturated carbocycles. The first-order valence-corrected chi connectivity index (χ1v) is 7.78. The van der Waals surface area contributed by atoms with Gasteiger partial charge in [0.2, 0.25) is 5.91 Å². The van der Waals surface area contributed by atoms with Crippen LogP contribution in [0.5, 0.6) is 0 Å². The summed E-state index contributed by atoms with van der Waals surface area (Å²) in [5.41, 5.74) is 1.90. The van der Waals surface area contributed by atoms with E-state index in [1.807, 2.05) is 19.2 Å². The molecule has 0 atom stereocenters. The summed E-state index contributed by atoms with van der Waals surface area (Å²) in [6, 6.07) is 4.21. The minimum Gasteiger partial charge on any atom is -0.298 e. The van der Waals surface area contributed by atoms with Gasteiger partial charge in [0.15, 0.2) is 5.13 Å². The van der Waals surface area contributed by atoms with Crippen LogP contribution in [0.1, 0.15) is 25.6 Å². The Bertz CT molecular complexity index is 606. The zero-order valence-electron chi connectivity index (χ0n) is 11.2. The molecule has 2 aromatic heterocycles. The van der Waals surface area contributed by atoms with E-state index in [0.29, 0.717) is 5.13 Å². The second-order valence-electron chi connectivity index (χ2n) is 4.37. The Labute approximate surface area is 121 Å². The zero-order valence-corrected chi connectivity index (χ0v) is 12.8. The molecule has 100 valence electrons. The number of hydrogen-bond donors (Lipinski definition) is 1. The molecule has 0 radical (unpaired) electrons. The average molecular weight is 292 g/mol. The lowest BCUT2D eigenvalue weighted by Crippen LogP contribution is -2.07. The Balaban J connectivity index is 2.11. The Hall–Kier alpha value is -1.46. The fourth-order valence-electron chi connectivity index (χ4n) is 1.55. The monoisotopic (exact) mass is 292 g/mol. The molecule has 0 aliphatic carbocycles. The maximum absolute atomic E-state index is 11.6. The number of thiazole rings is 1. The van der Waals surface area contributed by atoms with Gasteiger partial charge in [-0.2, -0.15) is 0 Å². The second kappa shape index (κ2) is 6.12. The van der Waals surface area contributed by atoms with Gasteiger partial charge in [0.25, 0.3) is 0 Å². The van der Waals surface area contributed by atoms with E-state index in [9.17, 15) is 4.79 Å². The van der Waals surface area contributed by atoms with Crippen molar-refractivity contribution in [1.82, 2.24) is 4.98 Å². The molecule has 2 aromatic rings. The van der Waals surface area contributed by atoms with Gasteiger partial charge in [-0.3, -0.25) is 10.1 Å². The van der Waals surface area contributed by atoms with Crippen LogP contribution in [-0.2, 0) is 11.2 Å². The number of anilines is 1. The minimum absolute atomic E-state index is 0.124. The van der Waals surface area contributed by atoms with Gasteiger partial charge in [0.05, 0.1) is 10.6 Å². The molecule has 1 N–H and O–H groups in total. The zero-order chi connectivity index (χ0) is 13.8. The Morgan fingerprint density at radius 2 is 2.21 bits per heavy atom. The van der Waals surface area contributed by atoms with E-state index in [2.05, 4.69) is 29.4 Å². The fraction of sp³-hybridized carbons (Fsp3) is 0.286. The van der Waals surface area contributed by atoms with Crippen molar-refractivity contribution in [2.24, 2.45) is 0 Å². The molecule has 1 amide bonds. The quantitative estimate of drug-likeness (QED) is 0.852. The number of allylic oxidation sites excluding steroid dienone is 1. The van der Waals surface area contributed by atoms with Crippen LogP contribution in [-0.4, -0.2) is 10.9 Å². The van der Waals surface area contributed by atoms with Crippen molar-refractivity contribution < 1.29 is 4.79 Å². The van der Waals surface area contributed by atoms with Crippen molar-refractivity contribution in [2.45, 2.75) is 27.2 Å². The highest BCUT2D eigenvalue weighted by atomic mass is 32.1. The van der Waals surface area contributed by atoms with E-state index in [4.69, 9.17) is 0 Å². The summed E-state index contributed by atoms with van der Waals surface area (Å²) < 4.78 is 0. The molecule has 2 rings (SSSR count). The van der Waals surface area contributed by atoms with Gasteiger partial charge in [-0.15, -0.1) is 22.7 Å². The average Bonchev–Trinajstić information content (AvgIpc) is 2.95. The predicted octanol–water partition coefficient (Wildman–Crippen LogP) is 4.34. The highest BCUT2D eigenvalue weighted by molar-refractivity contribution is 7.17. The number of aryl methyl sites for hydroxylation is 1. The molecule has 0 aliphatic rings. The van der Waals surface area contributed by atoms with Gasteiger partial charge < -0.3 is 0 Å². The summed E-state index contributed by atoms with van der Waals surface area (Å²) in [7, 11) is 0. The van der Waals surface area contributed by atoms with Crippen LogP contribution in [0.4, 0.5) is 5.13 Å². The Kier molecular flexibility index (Phi) is 4.50. The van der Waals surface area contributed by atoms with E-state index < -0.39 is 0 Å². The van der Waals surface area contributed by atoms with Crippen molar-refractivity contribution in [3.63, 3.8) is 0 Å². The van der Waals surface area contributed by atoms with E-state index >= 15 is 0 Å². The molecular formula is C14H16N2OS2. The normalized spacial score (nSPS) is 10.3. The highest BCUT2D eigenvalue weighted by Gasteiger charge is 2.08. The summed E-state index contributed by atoms with van der Waals surface area (Å²) in [6.45, 7) is 5.93. The van der Waals surface area contributed by atoms with E-state index in [1.165, 1.54) is 16.2 Å². The summed E-state index contributed by atoms with van der Waals surface area (Å²) in [4.78, 5) is 18.5. The smallest absolute Gasteiger partial charge is 0.250 e. The number of aromatic nitrogens is 1. The molecule has 0 saturated heterocycles. The summed E-state index contributed by atoms with van der Waals surface area (Å²) in [6.07, 6.45) is 2.61. The minimum atomic E-state index is -0.124. The molecule has 5 heteroatoms.